The van der Waals surface area contributed by atoms with Crippen LogP contribution >= 0.6 is 11.3 Å². The summed E-state index contributed by atoms with van der Waals surface area (Å²) in [6.07, 6.45) is 0. The van der Waals surface area contributed by atoms with Gasteiger partial charge in [0.1, 0.15) is 0 Å². The highest BCUT2D eigenvalue weighted by Gasteiger charge is 2.38. The fraction of sp³-hybridized carbons (Fsp3) is 0.107. The maximum absolute atomic E-state index is 2.56. The molecule has 0 N–H and O–H groups in total. The van der Waals surface area contributed by atoms with Crippen LogP contribution in [0.4, 0.5) is 17.1 Å². The summed E-state index contributed by atoms with van der Waals surface area (Å²) in [5.74, 6) is 0. The van der Waals surface area contributed by atoms with Crippen LogP contribution in [0.2, 0.25) is 0 Å². The topological polar surface area (TPSA) is 3.24 Å². The van der Waals surface area contributed by atoms with Gasteiger partial charge in [-0.2, -0.15) is 0 Å². The minimum absolute atomic E-state index is 0.130. The molecule has 0 bridgehead atoms. The lowest BCUT2D eigenvalue weighted by Gasteiger charge is -2.31. The SMILES string of the molecule is CC1(C)c2ccccc2-c2ccc(N(c3ccc4c(c3)C(C)(C)c3ccccc3-4)c3ccc4c(sc5c6ccccc6c6ccccc6c45)c3-c3ccccc3)cc21. The van der Waals surface area contributed by atoms with Crippen molar-refractivity contribution in [2.45, 2.75) is 38.5 Å². The van der Waals surface area contributed by atoms with Crippen LogP contribution in [0.1, 0.15) is 49.9 Å². The second kappa shape index (κ2) is 12.0. The Bertz CT molecular complexity index is 3240. The molecule has 0 aliphatic heterocycles. The molecule has 0 spiro atoms. The molecule has 0 radical (unpaired) electrons. The summed E-state index contributed by atoms with van der Waals surface area (Å²) in [7, 11) is 0. The van der Waals surface area contributed by atoms with Gasteiger partial charge in [-0.25, -0.2) is 0 Å². The highest BCUT2D eigenvalue weighted by molar-refractivity contribution is 7.27. The highest BCUT2D eigenvalue weighted by atomic mass is 32.1. The van der Waals surface area contributed by atoms with Crippen LogP contribution in [0.15, 0.2) is 176 Å². The van der Waals surface area contributed by atoms with Crippen molar-refractivity contribution >= 4 is 70.1 Å². The van der Waals surface area contributed by atoms with Crippen LogP contribution in [-0.4, -0.2) is 0 Å². The Morgan fingerprint density at radius 1 is 0.379 bits per heavy atom. The minimum atomic E-state index is -0.130. The number of anilines is 3. The maximum Gasteiger partial charge on any atom is 0.0554 e. The first-order chi connectivity index (χ1) is 28.3. The summed E-state index contributed by atoms with van der Waals surface area (Å²) in [5.41, 5.74) is 16.6. The molecule has 0 atom stereocenters. The van der Waals surface area contributed by atoms with Crippen molar-refractivity contribution in [3.05, 3.63) is 198 Å². The lowest BCUT2D eigenvalue weighted by Crippen LogP contribution is -2.18. The first-order valence-electron chi connectivity index (χ1n) is 20.4. The van der Waals surface area contributed by atoms with E-state index in [2.05, 4.69) is 209 Å². The second-order valence-electron chi connectivity index (χ2n) is 17.2. The number of benzene rings is 9. The zero-order valence-corrected chi connectivity index (χ0v) is 33.9. The third-order valence-electron chi connectivity index (χ3n) is 13.4. The van der Waals surface area contributed by atoms with Crippen molar-refractivity contribution < 1.29 is 0 Å². The van der Waals surface area contributed by atoms with Gasteiger partial charge >= 0.3 is 0 Å². The molecule has 1 aromatic heterocycles. The molecule has 12 rings (SSSR count). The molecule has 0 fully saturated rings. The maximum atomic E-state index is 2.56. The van der Waals surface area contributed by atoms with E-state index in [0.29, 0.717) is 0 Å². The van der Waals surface area contributed by atoms with Crippen LogP contribution < -0.4 is 4.90 Å². The molecular weight excluding hydrogens is 719 g/mol. The first kappa shape index (κ1) is 33.6. The van der Waals surface area contributed by atoms with Gasteiger partial charge in [-0.05, 0) is 96.6 Å². The van der Waals surface area contributed by atoms with Gasteiger partial charge < -0.3 is 4.90 Å². The summed E-state index contributed by atoms with van der Waals surface area (Å²) < 4.78 is 2.66. The molecule has 9 aromatic carbocycles. The molecule has 0 unspecified atom stereocenters. The van der Waals surface area contributed by atoms with Crippen molar-refractivity contribution in [2.75, 3.05) is 4.90 Å². The highest BCUT2D eigenvalue weighted by Crippen LogP contribution is 2.56. The Labute approximate surface area is 343 Å². The van der Waals surface area contributed by atoms with E-state index in [9.17, 15) is 0 Å². The molecule has 276 valence electrons. The molecule has 2 aliphatic rings. The molecule has 2 heteroatoms. The lowest BCUT2D eigenvalue weighted by molar-refractivity contribution is 0.660. The van der Waals surface area contributed by atoms with Gasteiger partial charge in [-0.1, -0.05) is 173 Å². The predicted molar refractivity (Wildman–Crippen MR) is 250 cm³/mol. The number of thiophene rings is 1. The summed E-state index contributed by atoms with van der Waals surface area (Å²) in [5, 5.41) is 7.89. The number of rotatable bonds is 4. The number of hydrogen-bond acceptors (Lipinski definition) is 2. The van der Waals surface area contributed by atoms with Crippen LogP contribution in [0.25, 0.3) is 75.1 Å². The smallest absolute Gasteiger partial charge is 0.0554 e. The van der Waals surface area contributed by atoms with Gasteiger partial charge in [0.25, 0.3) is 0 Å². The van der Waals surface area contributed by atoms with Gasteiger partial charge in [0, 0.05) is 53.3 Å². The van der Waals surface area contributed by atoms with Crippen molar-refractivity contribution in [1.82, 2.24) is 0 Å². The molecule has 0 amide bonds. The average Bonchev–Trinajstić information content (AvgIpc) is 3.85. The van der Waals surface area contributed by atoms with Crippen LogP contribution in [-0.2, 0) is 10.8 Å². The Balaban J connectivity index is 1.18. The summed E-state index contributed by atoms with van der Waals surface area (Å²) >= 11 is 1.95. The third kappa shape index (κ3) is 4.52. The molecule has 1 nitrogen and oxygen atoms in total. The van der Waals surface area contributed by atoms with Crippen molar-refractivity contribution in [2.24, 2.45) is 0 Å². The number of fused-ring (bicyclic) bond motifs is 14. The molecule has 2 aliphatic carbocycles. The van der Waals surface area contributed by atoms with E-state index in [1.807, 2.05) is 11.3 Å². The Kier molecular flexibility index (Phi) is 6.97. The van der Waals surface area contributed by atoms with E-state index in [1.54, 1.807) is 0 Å². The van der Waals surface area contributed by atoms with Crippen LogP contribution in [0.5, 0.6) is 0 Å². The van der Waals surface area contributed by atoms with Gasteiger partial charge in [0.15, 0.2) is 0 Å². The standard InChI is InChI=1S/C56H41NS/c1-55(2)46-24-14-12-20-39(46)41-28-26-35(32-48(41)55)57(36-27-29-42-40-21-13-15-25-47(40)56(3,4)49(42)33-36)50-31-30-45-52-43-22-10-8-18-37(43)38-19-9-11-23-44(38)53(52)58-54(45)51(50)34-16-6-5-7-17-34/h5-33H,1-4H3. The van der Waals surface area contributed by atoms with E-state index in [0.717, 1.165) is 0 Å². The number of nitrogens with zero attached hydrogens (tertiary/aromatic N) is 1. The summed E-state index contributed by atoms with van der Waals surface area (Å²) in [6, 6.07) is 66.1. The largest absolute Gasteiger partial charge is 0.310 e. The first-order valence-corrected chi connectivity index (χ1v) is 21.3. The van der Waals surface area contributed by atoms with Crippen molar-refractivity contribution in [1.29, 1.82) is 0 Å². The Morgan fingerprint density at radius 3 is 1.47 bits per heavy atom. The Morgan fingerprint density at radius 2 is 0.862 bits per heavy atom. The molecule has 0 saturated carbocycles. The molecular formula is C56H41NS. The van der Waals surface area contributed by atoms with Gasteiger partial charge in [0.05, 0.1) is 5.69 Å². The average molecular weight is 760 g/mol. The normalized spacial score (nSPS) is 14.5. The zero-order valence-electron chi connectivity index (χ0n) is 33.1. The third-order valence-corrected chi connectivity index (χ3v) is 14.7. The summed E-state index contributed by atoms with van der Waals surface area (Å²) in [6.45, 7) is 9.53. The van der Waals surface area contributed by atoms with Crippen molar-refractivity contribution in [3.8, 4) is 33.4 Å². The van der Waals surface area contributed by atoms with E-state index in [1.165, 1.54) is 114 Å². The molecule has 58 heavy (non-hydrogen) atoms. The molecule has 0 saturated heterocycles. The predicted octanol–water partition coefficient (Wildman–Crippen LogP) is 16.1. The number of hydrogen-bond donors (Lipinski definition) is 0. The lowest BCUT2D eigenvalue weighted by atomic mass is 9.82. The van der Waals surface area contributed by atoms with E-state index < -0.39 is 0 Å². The molecule has 10 aromatic rings. The van der Waals surface area contributed by atoms with E-state index >= 15 is 0 Å². The van der Waals surface area contributed by atoms with E-state index in [4.69, 9.17) is 0 Å². The fourth-order valence-corrected chi connectivity index (χ4v) is 12.0. The second-order valence-corrected chi connectivity index (χ2v) is 18.3. The fourth-order valence-electron chi connectivity index (χ4n) is 10.6. The monoisotopic (exact) mass is 759 g/mol. The van der Waals surface area contributed by atoms with Gasteiger partial charge in [-0.15, -0.1) is 11.3 Å². The minimum Gasteiger partial charge on any atom is -0.310 e. The van der Waals surface area contributed by atoms with Crippen LogP contribution in [0, 0.1) is 0 Å². The van der Waals surface area contributed by atoms with Gasteiger partial charge in [-0.3, -0.25) is 0 Å². The van der Waals surface area contributed by atoms with Gasteiger partial charge in [0.2, 0.25) is 0 Å². The quantitative estimate of drug-likeness (QED) is 0.162. The zero-order chi connectivity index (χ0) is 38.9. The van der Waals surface area contributed by atoms with Crippen LogP contribution in [0.3, 0.4) is 0 Å². The molecule has 1 heterocycles. The van der Waals surface area contributed by atoms with Crippen molar-refractivity contribution in [3.63, 3.8) is 0 Å². The van der Waals surface area contributed by atoms with E-state index in [-0.39, 0.29) is 10.8 Å². The Hall–Kier alpha value is -6.48. The summed E-state index contributed by atoms with van der Waals surface area (Å²) in [4.78, 5) is 2.56.